The van der Waals surface area contributed by atoms with Crippen molar-refractivity contribution in [1.29, 1.82) is 0 Å². The maximum absolute atomic E-state index is 12.7. The fourth-order valence-corrected chi connectivity index (χ4v) is 2.80. The molecule has 4 nitrogen and oxygen atoms in total. The summed E-state index contributed by atoms with van der Waals surface area (Å²) in [5, 5.41) is 2.89. The van der Waals surface area contributed by atoms with Gasteiger partial charge in [0.05, 0.1) is 0 Å². The zero-order chi connectivity index (χ0) is 14.0. The second-order valence-corrected chi connectivity index (χ2v) is 6.59. The third kappa shape index (κ3) is 3.17. The fourth-order valence-electron chi connectivity index (χ4n) is 2.80. The summed E-state index contributed by atoms with van der Waals surface area (Å²) in [7, 11) is 0. The largest absolute Gasteiger partial charge is 0.344 e. The van der Waals surface area contributed by atoms with Crippen molar-refractivity contribution in [2.75, 3.05) is 6.54 Å². The van der Waals surface area contributed by atoms with E-state index in [0.717, 1.165) is 19.3 Å². The molecule has 0 aromatic heterocycles. The van der Waals surface area contributed by atoms with Crippen LogP contribution in [-0.2, 0) is 9.59 Å². The van der Waals surface area contributed by atoms with Gasteiger partial charge in [0.2, 0.25) is 11.8 Å². The Kier molecular flexibility index (Phi) is 3.97. The second kappa shape index (κ2) is 5.35. The molecule has 1 fully saturated rings. The predicted molar refractivity (Wildman–Crippen MR) is 74.5 cm³/mol. The van der Waals surface area contributed by atoms with Crippen molar-refractivity contribution in [3.63, 3.8) is 0 Å². The Labute approximate surface area is 115 Å². The normalized spacial score (nSPS) is 29.1. The Morgan fingerprint density at radius 3 is 2.58 bits per heavy atom. The van der Waals surface area contributed by atoms with Gasteiger partial charge in [0.15, 0.2) is 0 Å². The highest BCUT2D eigenvalue weighted by Gasteiger charge is 2.39. The molecule has 2 atom stereocenters. The van der Waals surface area contributed by atoms with E-state index in [-0.39, 0.29) is 23.3 Å². The van der Waals surface area contributed by atoms with Crippen molar-refractivity contribution in [2.45, 2.75) is 58.5 Å². The van der Waals surface area contributed by atoms with E-state index in [0.29, 0.717) is 13.0 Å². The van der Waals surface area contributed by atoms with E-state index in [1.165, 1.54) is 0 Å². The van der Waals surface area contributed by atoms with E-state index in [2.05, 4.69) is 17.5 Å². The smallest absolute Gasteiger partial charge is 0.245 e. The van der Waals surface area contributed by atoms with Crippen molar-refractivity contribution >= 4 is 11.8 Å². The van der Waals surface area contributed by atoms with Crippen LogP contribution in [0.5, 0.6) is 0 Å². The molecule has 1 N–H and O–H groups in total. The average Bonchev–Trinajstić information content (AvgIpc) is 2.50. The van der Waals surface area contributed by atoms with Gasteiger partial charge in [-0.3, -0.25) is 9.59 Å². The lowest BCUT2D eigenvalue weighted by molar-refractivity contribution is -0.138. The minimum atomic E-state index is -0.409. The van der Waals surface area contributed by atoms with Crippen LogP contribution in [0.15, 0.2) is 12.2 Å². The van der Waals surface area contributed by atoms with Gasteiger partial charge >= 0.3 is 0 Å². The summed E-state index contributed by atoms with van der Waals surface area (Å²) in [5.74, 6) is 0.0702. The van der Waals surface area contributed by atoms with Crippen LogP contribution in [0.3, 0.4) is 0 Å². The molecule has 2 rings (SSSR count). The highest BCUT2D eigenvalue weighted by molar-refractivity contribution is 5.90. The summed E-state index contributed by atoms with van der Waals surface area (Å²) >= 11 is 0. The number of allylic oxidation sites excluding steroid dienone is 1. The number of nitrogens with zero attached hydrogens (tertiary/aromatic N) is 1. The topological polar surface area (TPSA) is 49.4 Å². The van der Waals surface area contributed by atoms with E-state index in [1.54, 1.807) is 0 Å². The number of rotatable bonds is 1. The monoisotopic (exact) mass is 264 g/mol. The SMILES string of the molecule is CC(C)(C)C1NC(=O)CCN(C2CC=CCC2)C1=O. The molecule has 1 aliphatic heterocycles. The third-order valence-corrected chi connectivity index (χ3v) is 3.96. The van der Waals surface area contributed by atoms with E-state index in [9.17, 15) is 9.59 Å². The molecule has 2 unspecified atom stereocenters. The first-order valence-electron chi connectivity index (χ1n) is 7.14. The number of carbonyl (C=O) groups excluding carboxylic acids is 2. The van der Waals surface area contributed by atoms with Gasteiger partial charge in [-0.15, -0.1) is 0 Å². The van der Waals surface area contributed by atoms with Crippen LogP contribution >= 0.6 is 0 Å². The minimum absolute atomic E-state index is 0.0119. The third-order valence-electron chi connectivity index (χ3n) is 3.96. The second-order valence-electron chi connectivity index (χ2n) is 6.59. The Balaban J connectivity index is 2.21. The summed E-state index contributed by atoms with van der Waals surface area (Å²) in [5.41, 5.74) is -0.250. The average molecular weight is 264 g/mol. The van der Waals surface area contributed by atoms with E-state index in [4.69, 9.17) is 0 Å². The molecule has 2 amide bonds. The molecule has 19 heavy (non-hydrogen) atoms. The Hall–Kier alpha value is -1.32. The van der Waals surface area contributed by atoms with Crippen LogP contribution in [0, 0.1) is 5.41 Å². The van der Waals surface area contributed by atoms with E-state index >= 15 is 0 Å². The van der Waals surface area contributed by atoms with Crippen LogP contribution in [0.2, 0.25) is 0 Å². The molecule has 106 valence electrons. The quantitative estimate of drug-likeness (QED) is 0.735. The predicted octanol–water partition coefficient (Wildman–Crippen LogP) is 1.86. The van der Waals surface area contributed by atoms with Gasteiger partial charge in [-0.05, 0) is 24.7 Å². The highest BCUT2D eigenvalue weighted by atomic mass is 16.2. The molecule has 1 saturated heterocycles. The number of nitrogens with one attached hydrogen (secondary N) is 1. The first-order chi connectivity index (χ1) is 8.89. The molecule has 2 aliphatic rings. The molecular weight excluding hydrogens is 240 g/mol. The molecule has 0 aromatic rings. The molecule has 1 aliphatic carbocycles. The van der Waals surface area contributed by atoms with Gasteiger partial charge in [-0.1, -0.05) is 32.9 Å². The lowest BCUT2D eigenvalue weighted by atomic mass is 9.85. The van der Waals surface area contributed by atoms with Gasteiger partial charge in [0.25, 0.3) is 0 Å². The van der Waals surface area contributed by atoms with Crippen LogP contribution in [-0.4, -0.2) is 35.3 Å². The number of carbonyl (C=O) groups is 2. The first kappa shape index (κ1) is 14.1. The molecule has 4 heteroatoms. The number of amides is 2. The summed E-state index contributed by atoms with van der Waals surface area (Å²) in [6.07, 6.45) is 7.68. The zero-order valence-electron chi connectivity index (χ0n) is 12.1. The van der Waals surface area contributed by atoms with Crippen molar-refractivity contribution in [2.24, 2.45) is 5.41 Å². The number of hydrogen-bond donors (Lipinski definition) is 1. The van der Waals surface area contributed by atoms with E-state index in [1.807, 2.05) is 25.7 Å². The summed E-state index contributed by atoms with van der Waals surface area (Å²) in [6.45, 7) is 6.55. The molecule has 0 radical (unpaired) electrons. The van der Waals surface area contributed by atoms with E-state index < -0.39 is 6.04 Å². The molecule has 0 aromatic carbocycles. The van der Waals surface area contributed by atoms with Crippen molar-refractivity contribution in [3.05, 3.63) is 12.2 Å². The molecule has 0 bridgehead atoms. The zero-order valence-corrected chi connectivity index (χ0v) is 12.1. The maximum atomic E-state index is 12.7. The Morgan fingerprint density at radius 1 is 1.26 bits per heavy atom. The van der Waals surface area contributed by atoms with Crippen molar-refractivity contribution < 1.29 is 9.59 Å². The molecular formula is C15H24N2O2. The van der Waals surface area contributed by atoms with Crippen molar-refractivity contribution in [1.82, 2.24) is 10.2 Å². The standard InChI is InChI=1S/C15H24N2O2/c1-15(2,3)13-14(19)17(10-9-12(18)16-13)11-7-5-4-6-8-11/h4-5,11,13H,6-10H2,1-3H3,(H,16,18). The van der Waals surface area contributed by atoms with Gasteiger partial charge in [-0.2, -0.15) is 0 Å². The first-order valence-corrected chi connectivity index (χ1v) is 7.14. The lowest BCUT2D eigenvalue weighted by Crippen LogP contribution is -2.54. The van der Waals surface area contributed by atoms with Gasteiger partial charge in [0, 0.05) is 19.0 Å². The van der Waals surface area contributed by atoms with Crippen molar-refractivity contribution in [3.8, 4) is 0 Å². The van der Waals surface area contributed by atoms with Gasteiger partial charge in [-0.25, -0.2) is 0 Å². The van der Waals surface area contributed by atoms with Crippen LogP contribution in [0.1, 0.15) is 46.5 Å². The molecule has 0 saturated carbocycles. The summed E-state index contributed by atoms with van der Waals surface area (Å²) in [4.78, 5) is 26.5. The molecule has 1 heterocycles. The Morgan fingerprint density at radius 2 is 2.00 bits per heavy atom. The summed E-state index contributed by atoms with van der Waals surface area (Å²) < 4.78 is 0. The fraction of sp³-hybridized carbons (Fsp3) is 0.733. The van der Waals surface area contributed by atoms with Gasteiger partial charge in [0.1, 0.15) is 6.04 Å². The number of hydrogen-bond acceptors (Lipinski definition) is 2. The van der Waals surface area contributed by atoms with Gasteiger partial charge < -0.3 is 10.2 Å². The molecule has 0 spiro atoms. The Bertz CT molecular complexity index is 395. The van der Waals surface area contributed by atoms with Crippen LogP contribution < -0.4 is 5.32 Å². The van der Waals surface area contributed by atoms with Crippen LogP contribution in [0.4, 0.5) is 0 Å². The minimum Gasteiger partial charge on any atom is -0.344 e. The maximum Gasteiger partial charge on any atom is 0.245 e. The highest BCUT2D eigenvalue weighted by Crippen LogP contribution is 2.26. The summed E-state index contributed by atoms with van der Waals surface area (Å²) in [6, 6.07) is -0.150. The van der Waals surface area contributed by atoms with Crippen LogP contribution in [0.25, 0.3) is 0 Å². The lowest BCUT2D eigenvalue weighted by Gasteiger charge is -2.36.